The first-order chi connectivity index (χ1) is 11.2. The molecule has 2 nitrogen and oxygen atoms in total. The molecule has 0 aromatic rings. The molecule has 1 atom stereocenters. The van der Waals surface area contributed by atoms with Crippen LogP contribution >= 0.6 is 0 Å². The predicted molar refractivity (Wildman–Crippen MR) is 103 cm³/mol. The summed E-state index contributed by atoms with van der Waals surface area (Å²) in [6.45, 7) is 14.4. The normalized spacial score (nSPS) is 20.0. The Morgan fingerprint density at radius 2 is 2.13 bits per heavy atom. The third-order valence-electron chi connectivity index (χ3n) is 4.84. The van der Waals surface area contributed by atoms with Crippen molar-refractivity contribution in [2.75, 3.05) is 19.6 Å². The quantitative estimate of drug-likeness (QED) is 0.370. The van der Waals surface area contributed by atoms with Crippen LogP contribution in [0, 0.1) is 5.92 Å². The summed E-state index contributed by atoms with van der Waals surface area (Å²) in [6, 6.07) is 0. The maximum Gasteiger partial charge on any atom is 0.0106 e. The molecule has 0 saturated carbocycles. The molecule has 1 aliphatic rings. The minimum Gasteiger partial charge on any atom is -0.366 e. The Bertz CT molecular complexity index is 381. The zero-order chi connectivity index (χ0) is 16.9. The zero-order valence-electron chi connectivity index (χ0n) is 15.7. The molecule has 0 spiro atoms. The summed E-state index contributed by atoms with van der Waals surface area (Å²) in [5, 5.41) is 3.47. The molecule has 1 N–H and O–H groups in total. The van der Waals surface area contributed by atoms with Crippen molar-refractivity contribution in [3.05, 3.63) is 36.2 Å². The summed E-state index contributed by atoms with van der Waals surface area (Å²) in [5.41, 5.74) is 3.00. The molecule has 0 radical (unpaired) electrons. The van der Waals surface area contributed by atoms with Crippen LogP contribution in [-0.2, 0) is 0 Å². The van der Waals surface area contributed by atoms with Gasteiger partial charge < -0.3 is 10.2 Å². The van der Waals surface area contributed by atoms with E-state index < -0.39 is 0 Å². The number of rotatable bonds is 12. The first-order valence-electron chi connectivity index (χ1n) is 9.64. The molecular weight excluding hydrogens is 280 g/mol. The highest BCUT2D eigenvalue weighted by Gasteiger charge is 2.21. The Morgan fingerprint density at radius 1 is 1.30 bits per heavy atom. The van der Waals surface area contributed by atoms with E-state index in [2.05, 4.69) is 49.8 Å². The van der Waals surface area contributed by atoms with E-state index in [1.165, 1.54) is 63.9 Å². The molecule has 0 bridgehead atoms. The molecule has 1 saturated heterocycles. The van der Waals surface area contributed by atoms with Gasteiger partial charge in [0.25, 0.3) is 0 Å². The van der Waals surface area contributed by atoms with Gasteiger partial charge in [0.15, 0.2) is 0 Å². The molecular formula is C21H38N2. The molecule has 132 valence electrons. The van der Waals surface area contributed by atoms with E-state index in [0.717, 1.165) is 18.8 Å². The summed E-state index contributed by atoms with van der Waals surface area (Å²) in [5.74, 6) is 0.893. The molecule has 1 rings (SSSR count). The number of likely N-dealkylation sites (tertiary alicyclic amines) is 1. The fraction of sp³-hybridized carbons (Fsp3) is 0.714. The number of allylic oxidation sites excluding steroid dienone is 4. The number of nitrogens with zero attached hydrogens (tertiary/aromatic N) is 1. The Hall–Kier alpha value is -1.02. The maximum atomic E-state index is 3.81. The number of unbranched alkanes of at least 4 members (excludes halogenated alkanes) is 1. The van der Waals surface area contributed by atoms with Gasteiger partial charge in [-0.1, -0.05) is 38.0 Å². The molecule has 0 aromatic heterocycles. The van der Waals surface area contributed by atoms with Gasteiger partial charge in [-0.3, -0.25) is 0 Å². The molecule has 1 aliphatic heterocycles. The van der Waals surface area contributed by atoms with Gasteiger partial charge in [-0.15, -0.1) is 6.58 Å². The Morgan fingerprint density at radius 3 is 2.83 bits per heavy atom. The molecule has 1 unspecified atom stereocenters. The van der Waals surface area contributed by atoms with Crippen LogP contribution in [0.4, 0.5) is 0 Å². The van der Waals surface area contributed by atoms with E-state index >= 15 is 0 Å². The van der Waals surface area contributed by atoms with Gasteiger partial charge in [0.05, 0.1) is 0 Å². The molecule has 2 heteroatoms. The highest BCUT2D eigenvalue weighted by Crippen LogP contribution is 2.25. The van der Waals surface area contributed by atoms with E-state index in [1.54, 1.807) is 5.57 Å². The molecule has 0 aliphatic carbocycles. The van der Waals surface area contributed by atoms with Crippen molar-refractivity contribution in [1.29, 1.82) is 0 Å². The average molecular weight is 319 g/mol. The second kappa shape index (κ2) is 12.4. The standard InChI is InChI=1S/C21H38N2/c1-5-8-10-16-23-17-14-20(18-23)12-13-21(11-7-3)19(4)22-15-9-6-2/h5,9,15,20,22H,1,6-8,10-14,16-18H2,2-4H3/b15-9+,21-19-. The summed E-state index contributed by atoms with van der Waals surface area (Å²) >= 11 is 0. The van der Waals surface area contributed by atoms with E-state index in [4.69, 9.17) is 0 Å². The number of hydrogen-bond donors (Lipinski definition) is 1. The zero-order valence-corrected chi connectivity index (χ0v) is 15.7. The van der Waals surface area contributed by atoms with E-state index in [0.29, 0.717) is 0 Å². The molecule has 23 heavy (non-hydrogen) atoms. The first-order valence-corrected chi connectivity index (χ1v) is 9.64. The summed E-state index contributed by atoms with van der Waals surface area (Å²) in [7, 11) is 0. The SMILES string of the molecule is C=CCCCN1CCC(CC/C(CCC)=C(/C)N/C=C/CC)C1. The van der Waals surface area contributed by atoms with Gasteiger partial charge in [0, 0.05) is 12.2 Å². The fourth-order valence-electron chi connectivity index (χ4n) is 3.39. The second-order valence-corrected chi connectivity index (χ2v) is 6.86. The second-order valence-electron chi connectivity index (χ2n) is 6.86. The summed E-state index contributed by atoms with van der Waals surface area (Å²) < 4.78 is 0. The van der Waals surface area contributed by atoms with Crippen LogP contribution in [0.3, 0.4) is 0 Å². The van der Waals surface area contributed by atoms with Gasteiger partial charge in [-0.05, 0) is 77.1 Å². The number of nitrogens with one attached hydrogen (secondary N) is 1. The minimum absolute atomic E-state index is 0.893. The largest absolute Gasteiger partial charge is 0.366 e. The van der Waals surface area contributed by atoms with Gasteiger partial charge in [-0.25, -0.2) is 0 Å². The molecule has 0 aromatic carbocycles. The van der Waals surface area contributed by atoms with Crippen LogP contribution in [0.15, 0.2) is 36.2 Å². The van der Waals surface area contributed by atoms with E-state index in [-0.39, 0.29) is 0 Å². The van der Waals surface area contributed by atoms with Crippen molar-refractivity contribution in [3.63, 3.8) is 0 Å². The lowest BCUT2D eigenvalue weighted by atomic mass is 9.95. The van der Waals surface area contributed by atoms with Crippen molar-refractivity contribution in [3.8, 4) is 0 Å². The van der Waals surface area contributed by atoms with Gasteiger partial charge >= 0.3 is 0 Å². The van der Waals surface area contributed by atoms with Crippen molar-refractivity contribution in [1.82, 2.24) is 10.2 Å². The Balaban J connectivity index is 2.39. The third-order valence-corrected chi connectivity index (χ3v) is 4.84. The van der Waals surface area contributed by atoms with Gasteiger partial charge in [0.2, 0.25) is 0 Å². The Kier molecular flexibility index (Phi) is 10.8. The average Bonchev–Trinajstić information content (AvgIpc) is 2.99. The molecule has 1 heterocycles. The highest BCUT2D eigenvalue weighted by atomic mass is 15.1. The van der Waals surface area contributed by atoms with Crippen LogP contribution in [0.25, 0.3) is 0 Å². The van der Waals surface area contributed by atoms with Crippen LogP contribution < -0.4 is 5.32 Å². The lowest BCUT2D eigenvalue weighted by molar-refractivity contribution is 0.317. The van der Waals surface area contributed by atoms with E-state index in [1.807, 2.05) is 6.08 Å². The van der Waals surface area contributed by atoms with Gasteiger partial charge in [0.1, 0.15) is 0 Å². The first kappa shape index (κ1) is 20.0. The van der Waals surface area contributed by atoms with Crippen molar-refractivity contribution in [2.24, 2.45) is 5.92 Å². The minimum atomic E-state index is 0.893. The topological polar surface area (TPSA) is 15.3 Å². The summed E-state index contributed by atoms with van der Waals surface area (Å²) in [6.07, 6.45) is 16.3. The maximum absolute atomic E-state index is 3.81. The van der Waals surface area contributed by atoms with E-state index in [9.17, 15) is 0 Å². The third kappa shape index (κ3) is 8.41. The highest BCUT2D eigenvalue weighted by molar-refractivity contribution is 5.13. The van der Waals surface area contributed by atoms with Crippen LogP contribution in [-0.4, -0.2) is 24.5 Å². The smallest absolute Gasteiger partial charge is 0.0106 e. The predicted octanol–water partition coefficient (Wildman–Crippen LogP) is 5.64. The van der Waals surface area contributed by atoms with Crippen LogP contribution in [0.5, 0.6) is 0 Å². The monoisotopic (exact) mass is 318 g/mol. The van der Waals surface area contributed by atoms with Gasteiger partial charge in [-0.2, -0.15) is 0 Å². The van der Waals surface area contributed by atoms with Crippen molar-refractivity contribution in [2.45, 2.75) is 72.1 Å². The Labute approximate surface area is 144 Å². The molecule has 1 fully saturated rings. The fourth-order valence-corrected chi connectivity index (χ4v) is 3.39. The van der Waals surface area contributed by atoms with Crippen molar-refractivity contribution < 1.29 is 0 Å². The number of hydrogen-bond acceptors (Lipinski definition) is 2. The summed E-state index contributed by atoms with van der Waals surface area (Å²) in [4.78, 5) is 2.65. The lowest BCUT2D eigenvalue weighted by Gasteiger charge is -2.17. The van der Waals surface area contributed by atoms with Crippen LogP contribution in [0.1, 0.15) is 72.1 Å². The lowest BCUT2D eigenvalue weighted by Crippen LogP contribution is -2.21. The van der Waals surface area contributed by atoms with Crippen LogP contribution in [0.2, 0.25) is 0 Å². The molecule has 0 amide bonds. The van der Waals surface area contributed by atoms with Crippen molar-refractivity contribution >= 4 is 0 Å².